The molecule has 0 saturated heterocycles. The van der Waals surface area contributed by atoms with E-state index in [2.05, 4.69) is 13.8 Å². The Labute approximate surface area is 329 Å². The minimum Gasteiger partial charge on any atom is -1.00 e. The van der Waals surface area contributed by atoms with E-state index in [1.165, 1.54) is 167 Å². The van der Waals surface area contributed by atoms with Gasteiger partial charge in [0.1, 0.15) is 25.9 Å². The Hall–Kier alpha value is -0.890. The van der Waals surface area contributed by atoms with Crippen LogP contribution in [0.4, 0.5) is 0 Å². The van der Waals surface area contributed by atoms with Crippen molar-refractivity contribution in [3.05, 3.63) is 0 Å². The molecule has 0 radical (unpaired) electrons. The van der Waals surface area contributed by atoms with Gasteiger partial charge in [-0.15, -0.1) is 0 Å². The van der Waals surface area contributed by atoms with Crippen molar-refractivity contribution in [2.24, 2.45) is 0 Å². The third kappa shape index (κ3) is 43.5. The van der Waals surface area contributed by atoms with E-state index < -0.39 is 5.97 Å². The molecule has 0 aliphatic carbocycles. The first-order valence-electron chi connectivity index (χ1n) is 22.1. The number of carbonyl (C=O) groups is 2. The van der Waals surface area contributed by atoms with Crippen LogP contribution in [0.3, 0.4) is 0 Å². The Balaban J connectivity index is 0. The molecule has 0 rings (SSSR count). The molecule has 0 amide bonds. The van der Waals surface area contributed by atoms with E-state index in [1.807, 2.05) is 21.1 Å². The molecule has 7 nitrogen and oxygen atoms in total. The summed E-state index contributed by atoms with van der Waals surface area (Å²) in [5.41, 5.74) is 0. The van der Waals surface area contributed by atoms with Crippen LogP contribution >= 0.6 is 0 Å². The predicted molar refractivity (Wildman–Crippen MR) is 215 cm³/mol. The summed E-state index contributed by atoms with van der Waals surface area (Å²) in [6.45, 7) is 7.59. The van der Waals surface area contributed by atoms with Gasteiger partial charge in [0, 0.05) is 13.2 Å². The highest BCUT2D eigenvalue weighted by molar-refractivity contribution is 5.77. The van der Waals surface area contributed by atoms with E-state index in [0.29, 0.717) is 26.4 Å². The molecular formula is C44H88ClNO6. The molecule has 0 saturated carbocycles. The van der Waals surface area contributed by atoms with E-state index in [0.717, 1.165) is 23.9 Å². The van der Waals surface area contributed by atoms with Crippen LogP contribution in [-0.4, -0.2) is 83.2 Å². The lowest BCUT2D eigenvalue weighted by Gasteiger charge is -2.23. The minimum atomic E-state index is -0.393. The average Bonchev–Trinajstić information content (AvgIpc) is 3.10. The number of esters is 2. The van der Waals surface area contributed by atoms with Gasteiger partial charge in [0.05, 0.1) is 40.6 Å². The lowest BCUT2D eigenvalue weighted by atomic mass is 10.0. The number of rotatable bonds is 41. The molecule has 0 aromatic carbocycles. The zero-order valence-corrected chi connectivity index (χ0v) is 36.1. The van der Waals surface area contributed by atoms with Gasteiger partial charge < -0.3 is 35.8 Å². The molecule has 0 heterocycles. The maximum atomic E-state index is 12.4. The van der Waals surface area contributed by atoms with E-state index in [9.17, 15) is 9.59 Å². The number of nitrogens with zero attached hydrogens (tertiary/aromatic N) is 1. The van der Waals surface area contributed by atoms with E-state index in [4.69, 9.17) is 18.9 Å². The highest BCUT2D eigenvalue weighted by Gasteiger charge is 2.16. The Kier molecular flexibility index (Phi) is 42.2. The van der Waals surface area contributed by atoms with Crippen LogP contribution in [0.2, 0.25) is 0 Å². The Bertz CT molecular complexity index is 747. The van der Waals surface area contributed by atoms with Gasteiger partial charge in [0.2, 0.25) is 0 Å². The van der Waals surface area contributed by atoms with Crippen LogP contribution in [-0.2, 0) is 28.5 Å². The number of hydrogen-bond acceptors (Lipinski definition) is 6. The standard InChI is InChI=1S/C44H88NO6.ClH/c1-6-8-10-12-14-16-18-20-22-24-26-28-30-32-37-48-40-42(41-51-44(47)35-34-43(46)50-39-36-45(3,4)5)49-38-33-31-29-27-25-23-21-19-17-15-13-11-9-7-2;/h42H,6-41H2,1-5H3;1H/q+1;/p-1. The summed E-state index contributed by atoms with van der Waals surface area (Å²) in [5.74, 6) is -0.752. The molecular weight excluding hydrogens is 674 g/mol. The number of ether oxygens (including phenoxy) is 4. The second-order valence-electron chi connectivity index (χ2n) is 16.2. The summed E-state index contributed by atoms with van der Waals surface area (Å²) in [6.07, 6.45) is 37.1. The van der Waals surface area contributed by atoms with Crippen molar-refractivity contribution in [3.8, 4) is 0 Å². The van der Waals surface area contributed by atoms with Crippen molar-refractivity contribution < 1.29 is 45.4 Å². The SMILES string of the molecule is CCCCCCCCCCCCCCCCOCC(COC(=O)CCC(=O)OCC[N+](C)(C)C)OCCCCCCCCCCCCCCCC.[Cl-]. The summed E-state index contributed by atoms with van der Waals surface area (Å²) in [6, 6.07) is 0. The molecule has 0 spiro atoms. The Morgan fingerprint density at radius 3 is 1.17 bits per heavy atom. The summed E-state index contributed by atoms with van der Waals surface area (Å²) in [5, 5.41) is 0. The molecule has 8 heteroatoms. The predicted octanol–water partition coefficient (Wildman–Crippen LogP) is 8.93. The quantitative estimate of drug-likeness (QED) is 0.0352. The number of halogens is 1. The fourth-order valence-electron chi connectivity index (χ4n) is 6.27. The van der Waals surface area contributed by atoms with Crippen LogP contribution in [0, 0.1) is 0 Å². The van der Waals surface area contributed by atoms with Crippen molar-refractivity contribution in [1.29, 1.82) is 0 Å². The summed E-state index contributed by atoms with van der Waals surface area (Å²) < 4.78 is 23.6. The van der Waals surface area contributed by atoms with Gasteiger partial charge in [0.15, 0.2) is 0 Å². The fourth-order valence-corrected chi connectivity index (χ4v) is 6.27. The third-order valence-electron chi connectivity index (χ3n) is 9.79. The van der Waals surface area contributed by atoms with Crippen LogP contribution in [0.1, 0.15) is 206 Å². The highest BCUT2D eigenvalue weighted by atomic mass is 35.5. The van der Waals surface area contributed by atoms with Crippen LogP contribution in [0.25, 0.3) is 0 Å². The second-order valence-corrected chi connectivity index (χ2v) is 16.2. The van der Waals surface area contributed by atoms with Gasteiger partial charge >= 0.3 is 11.9 Å². The van der Waals surface area contributed by atoms with Gasteiger partial charge in [-0.3, -0.25) is 9.59 Å². The highest BCUT2D eigenvalue weighted by Crippen LogP contribution is 2.15. The van der Waals surface area contributed by atoms with Crippen molar-refractivity contribution in [2.75, 3.05) is 60.7 Å². The molecule has 1 atom stereocenters. The van der Waals surface area contributed by atoms with Gasteiger partial charge in [-0.1, -0.05) is 181 Å². The topological polar surface area (TPSA) is 71.1 Å². The maximum absolute atomic E-state index is 12.4. The molecule has 312 valence electrons. The summed E-state index contributed by atoms with van der Waals surface area (Å²) in [7, 11) is 6.15. The Morgan fingerprint density at radius 1 is 0.442 bits per heavy atom. The first-order valence-corrected chi connectivity index (χ1v) is 22.1. The zero-order chi connectivity index (χ0) is 37.5. The third-order valence-corrected chi connectivity index (χ3v) is 9.79. The van der Waals surface area contributed by atoms with E-state index in [-0.39, 0.29) is 43.9 Å². The average molecular weight is 763 g/mol. The van der Waals surface area contributed by atoms with Gasteiger partial charge in [0.25, 0.3) is 0 Å². The van der Waals surface area contributed by atoms with Gasteiger partial charge in [-0.25, -0.2) is 0 Å². The Morgan fingerprint density at radius 2 is 0.788 bits per heavy atom. The monoisotopic (exact) mass is 762 g/mol. The number of hydrogen-bond donors (Lipinski definition) is 0. The summed E-state index contributed by atoms with van der Waals surface area (Å²) in [4.78, 5) is 24.4. The lowest BCUT2D eigenvalue weighted by Crippen LogP contribution is -3.00. The molecule has 1 unspecified atom stereocenters. The molecule has 0 fully saturated rings. The molecule has 0 aromatic rings. The fraction of sp³-hybridized carbons (Fsp3) is 0.955. The molecule has 52 heavy (non-hydrogen) atoms. The van der Waals surface area contributed by atoms with Crippen LogP contribution in [0.5, 0.6) is 0 Å². The molecule has 0 bridgehead atoms. The molecule has 0 aromatic heterocycles. The van der Waals surface area contributed by atoms with Crippen LogP contribution in [0.15, 0.2) is 0 Å². The lowest BCUT2D eigenvalue weighted by molar-refractivity contribution is -0.870. The van der Waals surface area contributed by atoms with Gasteiger partial charge in [-0.05, 0) is 12.8 Å². The van der Waals surface area contributed by atoms with E-state index in [1.54, 1.807) is 0 Å². The van der Waals surface area contributed by atoms with E-state index >= 15 is 0 Å². The minimum absolute atomic E-state index is 0. The first kappa shape index (κ1) is 53.2. The summed E-state index contributed by atoms with van der Waals surface area (Å²) >= 11 is 0. The van der Waals surface area contributed by atoms with Gasteiger partial charge in [-0.2, -0.15) is 0 Å². The number of unbranched alkanes of at least 4 members (excludes halogenated alkanes) is 26. The molecule has 0 aliphatic heterocycles. The van der Waals surface area contributed by atoms with Crippen LogP contribution < -0.4 is 12.4 Å². The van der Waals surface area contributed by atoms with Crippen molar-refractivity contribution in [1.82, 2.24) is 0 Å². The number of quaternary nitrogens is 1. The van der Waals surface area contributed by atoms with Crippen molar-refractivity contribution in [2.45, 2.75) is 213 Å². The first-order chi connectivity index (χ1) is 24.8. The number of likely N-dealkylation sites (N-methyl/N-ethyl adjacent to an activating group) is 1. The normalized spacial score (nSPS) is 12.1. The van der Waals surface area contributed by atoms with Crippen molar-refractivity contribution >= 4 is 11.9 Å². The maximum Gasteiger partial charge on any atom is 0.306 e. The molecule has 0 aliphatic rings. The number of carbonyl (C=O) groups excluding carboxylic acids is 2. The zero-order valence-electron chi connectivity index (χ0n) is 35.3. The molecule has 0 N–H and O–H groups in total. The smallest absolute Gasteiger partial charge is 0.306 e. The van der Waals surface area contributed by atoms with Crippen molar-refractivity contribution in [3.63, 3.8) is 0 Å². The largest absolute Gasteiger partial charge is 1.00 e. The second kappa shape index (κ2) is 41.3.